The van der Waals surface area contributed by atoms with Gasteiger partial charge in [0.1, 0.15) is 5.01 Å². The quantitative estimate of drug-likeness (QED) is 0.591. The van der Waals surface area contributed by atoms with Gasteiger partial charge < -0.3 is 0 Å². The first-order valence-corrected chi connectivity index (χ1v) is 6.97. The maximum absolute atomic E-state index is 6.03. The number of thiazole rings is 1. The van der Waals surface area contributed by atoms with Crippen LogP contribution in [0.3, 0.4) is 0 Å². The summed E-state index contributed by atoms with van der Waals surface area (Å²) in [6.07, 6.45) is 0. The molecule has 0 fully saturated rings. The van der Waals surface area contributed by atoms with Crippen molar-refractivity contribution in [2.24, 2.45) is 0 Å². The normalized spacial score (nSPS) is 11.1. The molecule has 2 aromatic carbocycles. The Hall–Kier alpha value is -1.38. The van der Waals surface area contributed by atoms with Gasteiger partial charge in [0.05, 0.1) is 10.2 Å². The van der Waals surface area contributed by atoms with Gasteiger partial charge in [-0.3, -0.25) is 0 Å². The second-order valence-electron chi connectivity index (χ2n) is 4.38. The number of hydrogen-bond donors (Lipinski definition) is 0. The molecule has 0 radical (unpaired) electrons. The number of hydrogen-bond acceptors (Lipinski definition) is 2. The van der Waals surface area contributed by atoms with Gasteiger partial charge in [0, 0.05) is 10.6 Å². The zero-order valence-electron chi connectivity index (χ0n) is 10.2. The summed E-state index contributed by atoms with van der Waals surface area (Å²) >= 11 is 7.74. The molecule has 1 aromatic heterocycles. The van der Waals surface area contributed by atoms with Gasteiger partial charge in [-0.2, -0.15) is 0 Å². The highest BCUT2D eigenvalue weighted by Gasteiger charge is 2.09. The summed E-state index contributed by atoms with van der Waals surface area (Å²) in [6.45, 7) is 4.24. The largest absolute Gasteiger partial charge is 0.236 e. The fraction of sp³-hybridized carbons (Fsp3) is 0.133. The van der Waals surface area contributed by atoms with Crippen LogP contribution in [0.2, 0.25) is 5.02 Å². The first-order chi connectivity index (χ1) is 8.65. The third-order valence-corrected chi connectivity index (χ3v) is 4.46. The van der Waals surface area contributed by atoms with Gasteiger partial charge in [0.25, 0.3) is 0 Å². The summed E-state index contributed by atoms with van der Waals surface area (Å²) < 4.78 is 1.23. The molecule has 0 aliphatic heterocycles. The van der Waals surface area contributed by atoms with E-state index in [-0.39, 0.29) is 0 Å². The first kappa shape index (κ1) is 11.7. The lowest BCUT2D eigenvalue weighted by Gasteiger charge is -1.98. The summed E-state index contributed by atoms with van der Waals surface area (Å²) in [5.41, 5.74) is 4.73. The Labute approximate surface area is 115 Å². The van der Waals surface area contributed by atoms with Gasteiger partial charge >= 0.3 is 0 Å². The predicted molar refractivity (Wildman–Crippen MR) is 79.5 cm³/mol. The van der Waals surface area contributed by atoms with Gasteiger partial charge in [-0.25, -0.2) is 4.98 Å². The van der Waals surface area contributed by atoms with Crippen molar-refractivity contribution >= 4 is 33.2 Å². The zero-order chi connectivity index (χ0) is 12.7. The SMILES string of the molecule is Cc1ccc2sc(-c3cccc(Cl)c3)nc2c1C. The van der Waals surface area contributed by atoms with Crippen LogP contribution in [0.15, 0.2) is 36.4 Å². The molecule has 0 unspecified atom stereocenters. The molecule has 0 amide bonds. The number of aromatic nitrogens is 1. The summed E-state index contributed by atoms with van der Waals surface area (Å²) in [4.78, 5) is 4.74. The topological polar surface area (TPSA) is 12.9 Å². The first-order valence-electron chi connectivity index (χ1n) is 5.78. The summed E-state index contributed by atoms with van der Waals surface area (Å²) in [5.74, 6) is 0. The molecule has 3 aromatic rings. The van der Waals surface area contributed by atoms with E-state index in [1.54, 1.807) is 11.3 Å². The summed E-state index contributed by atoms with van der Waals surface area (Å²) in [7, 11) is 0. The maximum Gasteiger partial charge on any atom is 0.124 e. The number of nitrogens with zero attached hydrogens (tertiary/aromatic N) is 1. The minimum Gasteiger partial charge on any atom is -0.236 e. The van der Waals surface area contributed by atoms with Crippen LogP contribution in [0.25, 0.3) is 20.8 Å². The van der Waals surface area contributed by atoms with E-state index in [4.69, 9.17) is 16.6 Å². The lowest BCUT2D eigenvalue weighted by Crippen LogP contribution is -1.82. The average Bonchev–Trinajstić information content (AvgIpc) is 2.79. The highest BCUT2D eigenvalue weighted by Crippen LogP contribution is 2.33. The molecule has 3 rings (SSSR count). The van der Waals surface area contributed by atoms with Crippen molar-refractivity contribution in [3.8, 4) is 10.6 Å². The van der Waals surface area contributed by atoms with Crippen LogP contribution < -0.4 is 0 Å². The Balaban J connectivity index is 2.23. The van der Waals surface area contributed by atoms with E-state index in [0.29, 0.717) is 0 Å². The monoisotopic (exact) mass is 273 g/mol. The van der Waals surface area contributed by atoms with E-state index < -0.39 is 0 Å². The van der Waals surface area contributed by atoms with Gasteiger partial charge in [-0.05, 0) is 43.2 Å². The number of aryl methyl sites for hydroxylation is 2. The fourth-order valence-electron chi connectivity index (χ4n) is 1.97. The second-order valence-corrected chi connectivity index (χ2v) is 5.85. The van der Waals surface area contributed by atoms with E-state index in [0.717, 1.165) is 21.1 Å². The number of fused-ring (bicyclic) bond motifs is 1. The number of halogens is 1. The smallest absolute Gasteiger partial charge is 0.124 e. The van der Waals surface area contributed by atoms with Crippen LogP contribution in [0, 0.1) is 13.8 Å². The Kier molecular flexibility index (Phi) is 2.84. The Bertz CT molecular complexity index is 730. The molecule has 0 saturated heterocycles. The van der Waals surface area contributed by atoms with Crippen LogP contribution in [0.4, 0.5) is 0 Å². The van der Waals surface area contributed by atoms with Crippen molar-refractivity contribution in [3.63, 3.8) is 0 Å². The maximum atomic E-state index is 6.03. The van der Waals surface area contributed by atoms with Crippen LogP contribution in [0.5, 0.6) is 0 Å². The van der Waals surface area contributed by atoms with Crippen molar-refractivity contribution < 1.29 is 0 Å². The third-order valence-electron chi connectivity index (χ3n) is 3.16. The molecule has 3 heteroatoms. The summed E-state index contributed by atoms with van der Waals surface area (Å²) in [5, 5.41) is 1.78. The molecule has 90 valence electrons. The summed E-state index contributed by atoms with van der Waals surface area (Å²) in [6, 6.07) is 12.1. The second kappa shape index (κ2) is 4.38. The van der Waals surface area contributed by atoms with Crippen LogP contribution >= 0.6 is 22.9 Å². The Morgan fingerprint density at radius 1 is 1.11 bits per heavy atom. The lowest BCUT2D eigenvalue weighted by molar-refractivity contribution is 1.34. The molecular formula is C15H12ClNS. The Morgan fingerprint density at radius 3 is 2.72 bits per heavy atom. The van der Waals surface area contributed by atoms with Gasteiger partial charge in [0.15, 0.2) is 0 Å². The molecule has 0 aliphatic carbocycles. The van der Waals surface area contributed by atoms with Crippen molar-refractivity contribution in [1.29, 1.82) is 0 Å². The van der Waals surface area contributed by atoms with E-state index in [1.165, 1.54) is 15.8 Å². The van der Waals surface area contributed by atoms with Gasteiger partial charge in [-0.15, -0.1) is 11.3 Å². The Morgan fingerprint density at radius 2 is 1.94 bits per heavy atom. The molecule has 0 bridgehead atoms. The molecule has 0 atom stereocenters. The molecule has 0 aliphatic rings. The van der Waals surface area contributed by atoms with Crippen molar-refractivity contribution in [2.45, 2.75) is 13.8 Å². The van der Waals surface area contributed by atoms with Gasteiger partial charge in [-0.1, -0.05) is 29.8 Å². The molecular weight excluding hydrogens is 262 g/mol. The molecule has 0 saturated carbocycles. The fourth-order valence-corrected chi connectivity index (χ4v) is 3.18. The molecule has 0 spiro atoms. The zero-order valence-corrected chi connectivity index (χ0v) is 11.8. The highest BCUT2D eigenvalue weighted by atomic mass is 35.5. The van der Waals surface area contributed by atoms with Gasteiger partial charge in [0.2, 0.25) is 0 Å². The minimum atomic E-state index is 0.750. The standard InChI is InChI=1S/C15H12ClNS/c1-9-6-7-13-14(10(9)2)17-15(18-13)11-4-3-5-12(16)8-11/h3-8H,1-2H3. The average molecular weight is 274 g/mol. The molecule has 1 heterocycles. The van der Waals surface area contributed by atoms with Crippen LogP contribution in [-0.4, -0.2) is 4.98 Å². The van der Waals surface area contributed by atoms with E-state index in [9.17, 15) is 0 Å². The molecule has 18 heavy (non-hydrogen) atoms. The molecule has 0 N–H and O–H groups in total. The van der Waals surface area contributed by atoms with Crippen molar-refractivity contribution in [2.75, 3.05) is 0 Å². The number of benzene rings is 2. The van der Waals surface area contributed by atoms with Crippen molar-refractivity contribution in [3.05, 3.63) is 52.5 Å². The minimum absolute atomic E-state index is 0.750. The predicted octanol–water partition coefficient (Wildman–Crippen LogP) is 5.23. The van der Waals surface area contributed by atoms with E-state index >= 15 is 0 Å². The van der Waals surface area contributed by atoms with E-state index in [1.807, 2.05) is 24.3 Å². The van der Waals surface area contributed by atoms with Crippen molar-refractivity contribution in [1.82, 2.24) is 4.98 Å². The number of rotatable bonds is 1. The van der Waals surface area contributed by atoms with E-state index in [2.05, 4.69) is 26.0 Å². The highest BCUT2D eigenvalue weighted by molar-refractivity contribution is 7.21. The van der Waals surface area contributed by atoms with Crippen LogP contribution in [-0.2, 0) is 0 Å². The third kappa shape index (κ3) is 1.92. The molecule has 1 nitrogen and oxygen atoms in total. The van der Waals surface area contributed by atoms with Crippen LogP contribution in [0.1, 0.15) is 11.1 Å². The lowest BCUT2D eigenvalue weighted by atomic mass is 10.1.